The van der Waals surface area contributed by atoms with E-state index in [9.17, 15) is 13.2 Å². The van der Waals surface area contributed by atoms with Gasteiger partial charge in [-0.05, 0) is 55.8 Å². The van der Waals surface area contributed by atoms with Crippen molar-refractivity contribution >= 4 is 21.6 Å². The van der Waals surface area contributed by atoms with Gasteiger partial charge in [-0.25, -0.2) is 13.6 Å². The van der Waals surface area contributed by atoms with E-state index in [4.69, 9.17) is 5.14 Å². The molecule has 0 radical (unpaired) electrons. The van der Waals surface area contributed by atoms with Crippen LogP contribution < -0.4 is 10.5 Å². The summed E-state index contributed by atoms with van der Waals surface area (Å²) >= 11 is 0. The van der Waals surface area contributed by atoms with Gasteiger partial charge in [0.05, 0.1) is 11.4 Å². The van der Waals surface area contributed by atoms with E-state index in [-0.39, 0.29) is 23.4 Å². The zero-order chi connectivity index (χ0) is 19.3. The van der Waals surface area contributed by atoms with E-state index in [1.165, 1.54) is 17.7 Å². The number of hydrogen-bond acceptors (Lipinski definition) is 4. The summed E-state index contributed by atoms with van der Waals surface area (Å²) in [5.41, 5.74) is 2.85. The first-order valence-electron chi connectivity index (χ1n) is 8.42. The maximum Gasteiger partial charge on any atom is 0.238 e. The van der Waals surface area contributed by atoms with Gasteiger partial charge in [-0.3, -0.25) is 9.69 Å². The number of rotatable bonds is 7. The Morgan fingerprint density at radius 3 is 2.42 bits per heavy atom. The van der Waals surface area contributed by atoms with Crippen molar-refractivity contribution in [2.75, 3.05) is 18.9 Å². The summed E-state index contributed by atoms with van der Waals surface area (Å²) in [7, 11) is -1.86. The molecule has 0 saturated carbocycles. The number of nitrogens with zero attached hydrogens (tertiary/aromatic N) is 1. The van der Waals surface area contributed by atoms with E-state index in [0.29, 0.717) is 0 Å². The van der Waals surface area contributed by atoms with Gasteiger partial charge in [0, 0.05) is 11.7 Å². The van der Waals surface area contributed by atoms with Crippen molar-refractivity contribution in [1.82, 2.24) is 4.90 Å². The Labute approximate surface area is 155 Å². The lowest BCUT2D eigenvalue weighted by molar-refractivity contribution is -0.117. The third-order valence-electron chi connectivity index (χ3n) is 4.36. The topological polar surface area (TPSA) is 92.5 Å². The molecule has 0 fully saturated rings. The summed E-state index contributed by atoms with van der Waals surface area (Å²) in [6.45, 7) is 4.24. The maximum absolute atomic E-state index is 12.3. The van der Waals surface area contributed by atoms with Gasteiger partial charge in [0.1, 0.15) is 0 Å². The van der Waals surface area contributed by atoms with E-state index in [0.717, 1.165) is 17.7 Å². The predicted octanol–water partition coefficient (Wildman–Crippen LogP) is 2.53. The van der Waals surface area contributed by atoms with Crippen molar-refractivity contribution in [2.45, 2.75) is 31.2 Å². The van der Waals surface area contributed by atoms with Gasteiger partial charge >= 0.3 is 0 Å². The molecule has 6 nitrogen and oxygen atoms in total. The third-order valence-corrected chi connectivity index (χ3v) is 5.29. The minimum absolute atomic E-state index is 0.0581. The number of aryl methyl sites for hydroxylation is 1. The number of carbonyl (C=O) groups excluding carboxylic acids is 1. The van der Waals surface area contributed by atoms with E-state index >= 15 is 0 Å². The van der Waals surface area contributed by atoms with Crippen LogP contribution in [0.4, 0.5) is 5.69 Å². The lowest BCUT2D eigenvalue weighted by Crippen LogP contribution is -2.32. The fourth-order valence-corrected chi connectivity index (χ4v) is 3.14. The molecule has 0 heterocycles. The summed E-state index contributed by atoms with van der Waals surface area (Å²) in [4.78, 5) is 14.3. The van der Waals surface area contributed by atoms with Crippen molar-refractivity contribution in [2.24, 2.45) is 5.14 Å². The number of benzene rings is 2. The van der Waals surface area contributed by atoms with Gasteiger partial charge in [0.25, 0.3) is 0 Å². The molecule has 7 heteroatoms. The fourth-order valence-electron chi connectivity index (χ4n) is 2.62. The van der Waals surface area contributed by atoms with Gasteiger partial charge in [-0.2, -0.15) is 0 Å². The molecule has 0 aromatic heterocycles. The SMILES string of the molecule is CCc1cccc(NC(=O)CN(C)C(C)c2ccc(S(N)(=O)=O)cc2)c1. The first-order valence-corrected chi connectivity index (χ1v) is 9.97. The van der Waals surface area contributed by atoms with Crippen LogP contribution in [-0.4, -0.2) is 32.8 Å². The average molecular weight is 375 g/mol. The van der Waals surface area contributed by atoms with Crippen LogP contribution in [0.5, 0.6) is 0 Å². The Bertz CT molecular complexity index is 864. The first-order chi connectivity index (χ1) is 12.2. The summed E-state index contributed by atoms with van der Waals surface area (Å²) in [6.07, 6.45) is 0.912. The van der Waals surface area contributed by atoms with Crippen LogP contribution in [0.1, 0.15) is 31.0 Å². The minimum atomic E-state index is -3.70. The second-order valence-corrected chi connectivity index (χ2v) is 7.87. The Balaban J connectivity index is 1.99. The number of hydrogen-bond donors (Lipinski definition) is 2. The van der Waals surface area contributed by atoms with Crippen LogP contribution in [-0.2, 0) is 21.2 Å². The standard InChI is InChI=1S/C19H25N3O3S/c1-4-15-6-5-7-17(12-15)21-19(23)13-22(3)14(2)16-8-10-18(11-9-16)26(20,24)25/h5-12,14H,4,13H2,1-3H3,(H,21,23)(H2,20,24,25). The lowest BCUT2D eigenvalue weighted by atomic mass is 10.1. The second-order valence-electron chi connectivity index (χ2n) is 6.31. The van der Waals surface area contributed by atoms with Crippen molar-refractivity contribution in [1.29, 1.82) is 0 Å². The average Bonchev–Trinajstić information content (AvgIpc) is 2.60. The molecule has 0 aliphatic rings. The molecular weight excluding hydrogens is 350 g/mol. The van der Waals surface area contributed by atoms with Crippen molar-refractivity contribution in [3.8, 4) is 0 Å². The molecule has 0 saturated heterocycles. The highest BCUT2D eigenvalue weighted by molar-refractivity contribution is 7.89. The van der Waals surface area contributed by atoms with Gasteiger partial charge in [0.15, 0.2) is 0 Å². The Morgan fingerprint density at radius 2 is 1.85 bits per heavy atom. The predicted molar refractivity (Wildman–Crippen MR) is 103 cm³/mol. The van der Waals surface area contributed by atoms with Crippen LogP contribution in [0.3, 0.4) is 0 Å². The molecule has 2 rings (SSSR count). The number of likely N-dealkylation sites (N-methyl/N-ethyl adjacent to an activating group) is 1. The largest absolute Gasteiger partial charge is 0.325 e. The van der Waals surface area contributed by atoms with E-state index in [2.05, 4.69) is 12.2 Å². The number of anilines is 1. The van der Waals surface area contributed by atoms with Crippen LogP contribution in [0.2, 0.25) is 0 Å². The molecular formula is C19H25N3O3S. The Morgan fingerprint density at radius 1 is 1.19 bits per heavy atom. The van der Waals surface area contributed by atoms with Gasteiger partial charge in [-0.1, -0.05) is 31.2 Å². The van der Waals surface area contributed by atoms with Crippen LogP contribution in [0.15, 0.2) is 53.4 Å². The number of primary sulfonamides is 1. The molecule has 0 aliphatic carbocycles. The summed E-state index contributed by atoms with van der Waals surface area (Å²) < 4.78 is 22.7. The highest BCUT2D eigenvalue weighted by Crippen LogP contribution is 2.20. The van der Waals surface area contributed by atoms with Crippen LogP contribution in [0, 0.1) is 0 Å². The van der Waals surface area contributed by atoms with Gasteiger partial charge in [0.2, 0.25) is 15.9 Å². The summed E-state index contributed by atoms with van der Waals surface area (Å²) in [5.74, 6) is -0.103. The maximum atomic E-state index is 12.3. The van der Waals surface area contributed by atoms with E-state index < -0.39 is 10.0 Å². The van der Waals surface area contributed by atoms with Crippen molar-refractivity contribution < 1.29 is 13.2 Å². The molecule has 2 aromatic rings. The zero-order valence-electron chi connectivity index (χ0n) is 15.3. The number of carbonyl (C=O) groups is 1. The fraction of sp³-hybridized carbons (Fsp3) is 0.316. The number of amides is 1. The molecule has 0 spiro atoms. The monoisotopic (exact) mass is 375 g/mol. The second kappa shape index (κ2) is 8.44. The quantitative estimate of drug-likeness (QED) is 0.778. The molecule has 3 N–H and O–H groups in total. The molecule has 140 valence electrons. The smallest absolute Gasteiger partial charge is 0.238 e. The van der Waals surface area contributed by atoms with Crippen LogP contribution in [0.25, 0.3) is 0 Å². The first kappa shape index (κ1) is 20.1. The molecule has 1 amide bonds. The van der Waals surface area contributed by atoms with Crippen molar-refractivity contribution in [3.63, 3.8) is 0 Å². The van der Waals surface area contributed by atoms with Crippen LogP contribution >= 0.6 is 0 Å². The van der Waals surface area contributed by atoms with Crippen molar-refractivity contribution in [3.05, 3.63) is 59.7 Å². The summed E-state index contributed by atoms with van der Waals surface area (Å²) in [6, 6.07) is 14.1. The Hall–Kier alpha value is -2.22. The normalized spacial score (nSPS) is 12.8. The van der Waals surface area contributed by atoms with E-state index in [1.54, 1.807) is 12.1 Å². The minimum Gasteiger partial charge on any atom is -0.325 e. The van der Waals surface area contributed by atoms with Gasteiger partial charge in [-0.15, -0.1) is 0 Å². The molecule has 1 atom stereocenters. The summed E-state index contributed by atoms with van der Waals surface area (Å²) in [5, 5.41) is 8.02. The highest BCUT2D eigenvalue weighted by atomic mass is 32.2. The molecule has 0 bridgehead atoms. The zero-order valence-corrected chi connectivity index (χ0v) is 16.1. The molecule has 2 aromatic carbocycles. The van der Waals surface area contributed by atoms with Gasteiger partial charge < -0.3 is 5.32 Å². The Kier molecular flexibility index (Phi) is 6.52. The lowest BCUT2D eigenvalue weighted by Gasteiger charge is -2.24. The van der Waals surface area contributed by atoms with E-state index in [1.807, 2.05) is 43.1 Å². The molecule has 1 unspecified atom stereocenters. The molecule has 26 heavy (non-hydrogen) atoms. The third kappa shape index (κ3) is 5.39. The molecule has 0 aliphatic heterocycles. The highest BCUT2D eigenvalue weighted by Gasteiger charge is 2.16. The number of sulfonamides is 1. The number of nitrogens with one attached hydrogen (secondary N) is 1. The number of nitrogens with two attached hydrogens (primary N) is 1.